The lowest BCUT2D eigenvalue weighted by atomic mass is 9.90. The Bertz CT molecular complexity index is 335. The molecule has 0 saturated carbocycles. The first kappa shape index (κ1) is 16.4. The van der Waals surface area contributed by atoms with E-state index in [4.69, 9.17) is 16.2 Å². The zero-order valence-electron chi connectivity index (χ0n) is 13.1. The third kappa shape index (κ3) is 4.44. The minimum atomic E-state index is -0.966. The highest BCUT2D eigenvalue weighted by Crippen LogP contribution is 2.30. The molecule has 112 valence electrons. The molecule has 2 atom stereocenters. The highest BCUT2D eigenvalue weighted by atomic mass is 16.5. The number of primary amides is 1. The first-order chi connectivity index (χ1) is 8.35. The molecular weight excluding hydrogens is 242 g/mol. The topological polar surface area (TPSA) is 81.6 Å². The summed E-state index contributed by atoms with van der Waals surface area (Å²) in [5.41, 5.74) is 9.95. The van der Waals surface area contributed by atoms with Crippen LogP contribution in [0.3, 0.4) is 0 Å². The highest BCUT2D eigenvalue weighted by molar-refractivity contribution is 5.83. The van der Waals surface area contributed by atoms with Gasteiger partial charge in [-0.05, 0) is 48.0 Å². The fourth-order valence-corrected chi connectivity index (χ4v) is 3.00. The van der Waals surface area contributed by atoms with Crippen molar-refractivity contribution in [2.45, 2.75) is 70.7 Å². The van der Waals surface area contributed by atoms with E-state index >= 15 is 0 Å². The quantitative estimate of drug-likeness (QED) is 0.794. The molecule has 2 unspecified atom stereocenters. The van der Waals surface area contributed by atoms with E-state index in [1.54, 1.807) is 6.92 Å². The predicted octanol–water partition coefficient (Wildman–Crippen LogP) is 0.857. The lowest BCUT2D eigenvalue weighted by Crippen LogP contribution is -2.61. The van der Waals surface area contributed by atoms with Crippen LogP contribution in [0, 0.1) is 0 Å². The molecule has 0 aliphatic carbocycles. The van der Waals surface area contributed by atoms with Crippen LogP contribution in [0.25, 0.3) is 0 Å². The minimum absolute atomic E-state index is 0.185. The van der Waals surface area contributed by atoms with Gasteiger partial charge in [0.2, 0.25) is 5.91 Å². The maximum atomic E-state index is 11.3. The third-order valence-corrected chi connectivity index (χ3v) is 3.63. The van der Waals surface area contributed by atoms with Crippen molar-refractivity contribution in [3.05, 3.63) is 0 Å². The molecule has 5 heteroatoms. The van der Waals surface area contributed by atoms with Gasteiger partial charge in [-0.15, -0.1) is 0 Å². The second kappa shape index (κ2) is 5.04. The van der Waals surface area contributed by atoms with Gasteiger partial charge in [0.1, 0.15) is 0 Å². The number of carbonyl (C=O) groups is 1. The molecule has 0 radical (unpaired) electrons. The molecule has 0 bridgehead atoms. The van der Waals surface area contributed by atoms with Crippen LogP contribution >= 0.6 is 0 Å². The number of rotatable bonds is 4. The number of nitrogens with two attached hydrogens (primary N) is 2. The van der Waals surface area contributed by atoms with Crippen LogP contribution in [-0.2, 0) is 9.53 Å². The summed E-state index contributed by atoms with van der Waals surface area (Å²) in [5.74, 6) is -0.453. The Hall–Kier alpha value is -0.650. The summed E-state index contributed by atoms with van der Waals surface area (Å²) in [7, 11) is 0. The van der Waals surface area contributed by atoms with E-state index in [0.29, 0.717) is 6.42 Å². The smallest absolute Gasteiger partial charge is 0.237 e. The van der Waals surface area contributed by atoms with E-state index in [0.717, 1.165) is 13.1 Å². The number of amides is 1. The summed E-state index contributed by atoms with van der Waals surface area (Å²) in [5, 5.41) is 0. The zero-order valence-corrected chi connectivity index (χ0v) is 13.1. The molecule has 1 fully saturated rings. The summed E-state index contributed by atoms with van der Waals surface area (Å²) in [4.78, 5) is 13.7. The number of carbonyl (C=O) groups excluding carboxylic acids is 1. The van der Waals surface area contributed by atoms with Gasteiger partial charge in [-0.3, -0.25) is 9.69 Å². The van der Waals surface area contributed by atoms with E-state index < -0.39 is 11.4 Å². The predicted molar refractivity (Wildman–Crippen MR) is 76.7 cm³/mol. The maximum Gasteiger partial charge on any atom is 0.237 e. The van der Waals surface area contributed by atoms with Crippen LogP contribution in [-0.4, -0.2) is 46.7 Å². The molecule has 1 amide bonds. The van der Waals surface area contributed by atoms with Gasteiger partial charge in [0.05, 0.1) is 16.7 Å². The normalized spacial score (nSPS) is 27.5. The molecule has 4 N–H and O–H groups in total. The molecule has 1 rings (SSSR count). The van der Waals surface area contributed by atoms with Crippen molar-refractivity contribution in [3.63, 3.8) is 0 Å². The number of ether oxygens (including phenoxy) is 1. The number of hydrogen-bond acceptors (Lipinski definition) is 4. The van der Waals surface area contributed by atoms with Crippen LogP contribution in [0.15, 0.2) is 0 Å². The van der Waals surface area contributed by atoms with Crippen molar-refractivity contribution in [1.82, 2.24) is 4.90 Å². The molecule has 0 spiro atoms. The van der Waals surface area contributed by atoms with Crippen molar-refractivity contribution in [2.24, 2.45) is 11.5 Å². The molecule has 0 aromatic carbocycles. The van der Waals surface area contributed by atoms with Gasteiger partial charge in [0, 0.05) is 19.1 Å². The number of nitrogens with zero attached hydrogens (tertiary/aromatic N) is 1. The zero-order chi connectivity index (χ0) is 15.1. The van der Waals surface area contributed by atoms with Gasteiger partial charge in [-0.25, -0.2) is 0 Å². The second-order valence-corrected chi connectivity index (χ2v) is 7.36. The molecule has 1 aliphatic heterocycles. The lowest BCUT2D eigenvalue weighted by molar-refractivity contribution is -0.187. The highest BCUT2D eigenvalue weighted by Gasteiger charge is 2.41. The lowest BCUT2D eigenvalue weighted by Gasteiger charge is -2.49. The van der Waals surface area contributed by atoms with Crippen LogP contribution in [0.4, 0.5) is 0 Å². The molecule has 5 nitrogen and oxygen atoms in total. The van der Waals surface area contributed by atoms with Gasteiger partial charge < -0.3 is 16.2 Å². The van der Waals surface area contributed by atoms with Gasteiger partial charge >= 0.3 is 0 Å². The van der Waals surface area contributed by atoms with E-state index in [1.807, 2.05) is 0 Å². The van der Waals surface area contributed by atoms with E-state index in [-0.39, 0.29) is 17.2 Å². The first-order valence-electron chi connectivity index (χ1n) is 6.88. The monoisotopic (exact) mass is 271 g/mol. The van der Waals surface area contributed by atoms with Crippen molar-refractivity contribution in [2.75, 3.05) is 13.1 Å². The fraction of sp³-hybridized carbons (Fsp3) is 0.929. The number of hydrogen-bond donors (Lipinski definition) is 2. The summed E-state index contributed by atoms with van der Waals surface area (Å²) >= 11 is 0. The summed E-state index contributed by atoms with van der Waals surface area (Å²) in [6, 6.07) is 0.185. The van der Waals surface area contributed by atoms with Crippen molar-refractivity contribution in [3.8, 4) is 0 Å². The van der Waals surface area contributed by atoms with Crippen molar-refractivity contribution in [1.29, 1.82) is 0 Å². The Kier molecular flexibility index (Phi) is 4.35. The first-order valence-corrected chi connectivity index (χ1v) is 6.88. The molecule has 0 aromatic heterocycles. The molecule has 1 heterocycles. The summed E-state index contributed by atoms with van der Waals surface area (Å²) in [6.07, 6.45) is 0.550. The summed E-state index contributed by atoms with van der Waals surface area (Å²) < 4.78 is 6.05. The average Bonchev–Trinajstić information content (AvgIpc) is 2.11. The summed E-state index contributed by atoms with van der Waals surface area (Å²) in [6.45, 7) is 13.8. The second-order valence-electron chi connectivity index (χ2n) is 7.36. The molecule has 19 heavy (non-hydrogen) atoms. The third-order valence-electron chi connectivity index (χ3n) is 3.63. The van der Waals surface area contributed by atoms with Gasteiger partial charge in [-0.1, -0.05) is 0 Å². The van der Waals surface area contributed by atoms with E-state index in [1.165, 1.54) is 0 Å². The molecule has 1 aliphatic rings. The van der Waals surface area contributed by atoms with Crippen LogP contribution in [0.5, 0.6) is 0 Å². The molecule has 1 saturated heterocycles. The standard InChI is InChI=1S/C14H29N3O2/c1-10(7-14(6,16)11(15)18)17-8-12(2,3)19-13(4,5)9-17/h10H,7-9,16H2,1-6H3,(H2,15,18). The fourth-order valence-electron chi connectivity index (χ4n) is 3.00. The van der Waals surface area contributed by atoms with Crippen molar-refractivity contribution >= 4 is 5.91 Å². The number of morpholine rings is 1. The van der Waals surface area contributed by atoms with E-state index in [2.05, 4.69) is 39.5 Å². The largest absolute Gasteiger partial charge is 0.368 e. The Morgan fingerprint density at radius 1 is 1.32 bits per heavy atom. The Morgan fingerprint density at radius 2 is 1.74 bits per heavy atom. The Balaban J connectivity index is 2.77. The average molecular weight is 271 g/mol. The van der Waals surface area contributed by atoms with Crippen LogP contribution in [0.2, 0.25) is 0 Å². The van der Waals surface area contributed by atoms with Crippen molar-refractivity contribution < 1.29 is 9.53 Å². The van der Waals surface area contributed by atoms with E-state index in [9.17, 15) is 4.79 Å². The molecule has 0 aromatic rings. The van der Waals surface area contributed by atoms with Gasteiger partial charge in [0.15, 0.2) is 0 Å². The van der Waals surface area contributed by atoms with Crippen LogP contribution in [0.1, 0.15) is 48.0 Å². The molecular formula is C14H29N3O2. The van der Waals surface area contributed by atoms with Gasteiger partial charge in [0.25, 0.3) is 0 Å². The van der Waals surface area contributed by atoms with Gasteiger partial charge in [-0.2, -0.15) is 0 Å². The SMILES string of the molecule is CC(CC(C)(N)C(N)=O)N1CC(C)(C)OC(C)(C)C1. The minimum Gasteiger partial charge on any atom is -0.368 e. The Morgan fingerprint density at radius 3 is 2.11 bits per heavy atom. The Labute approximate surface area is 116 Å². The van der Waals surface area contributed by atoms with Crippen LogP contribution < -0.4 is 11.5 Å². The maximum absolute atomic E-state index is 11.3.